The maximum absolute atomic E-state index is 11.2. The first-order valence-corrected chi connectivity index (χ1v) is 6.58. The lowest BCUT2D eigenvalue weighted by molar-refractivity contribution is 0.109. The van der Waals surface area contributed by atoms with E-state index >= 15 is 0 Å². The van der Waals surface area contributed by atoms with E-state index in [1.54, 1.807) is 6.92 Å². The van der Waals surface area contributed by atoms with Gasteiger partial charge in [0.2, 0.25) is 10.0 Å². The van der Waals surface area contributed by atoms with E-state index in [-0.39, 0.29) is 12.4 Å². The maximum Gasteiger partial charge on any atom is 0.252 e. The highest BCUT2D eigenvalue weighted by Crippen LogP contribution is 2.10. The minimum atomic E-state index is -3.51. The Morgan fingerprint density at radius 1 is 1.65 bits per heavy atom. The van der Waals surface area contributed by atoms with E-state index in [9.17, 15) is 8.42 Å². The summed E-state index contributed by atoms with van der Waals surface area (Å²) < 4.78 is 34.7. The van der Waals surface area contributed by atoms with Crippen molar-refractivity contribution in [3.05, 3.63) is 23.7 Å². The zero-order valence-electron chi connectivity index (χ0n) is 9.71. The number of sulfonamides is 1. The lowest BCUT2D eigenvalue weighted by Gasteiger charge is -2.06. The van der Waals surface area contributed by atoms with Crippen LogP contribution in [0.5, 0.6) is 0 Å². The van der Waals surface area contributed by atoms with E-state index < -0.39 is 16.1 Å². The van der Waals surface area contributed by atoms with E-state index in [1.807, 2.05) is 6.92 Å². The molecule has 1 aromatic heterocycles. The van der Waals surface area contributed by atoms with Crippen LogP contribution < -0.4 is 4.72 Å². The summed E-state index contributed by atoms with van der Waals surface area (Å²) in [5.74, 6) is 0.566. The monoisotopic (exact) mass is 261 g/mol. The minimum absolute atomic E-state index is 0.213. The van der Waals surface area contributed by atoms with E-state index in [2.05, 4.69) is 21.4 Å². The van der Waals surface area contributed by atoms with Crippen LogP contribution in [0.1, 0.15) is 31.6 Å². The average molecular weight is 261 g/mol. The van der Waals surface area contributed by atoms with Crippen molar-refractivity contribution in [1.82, 2.24) is 14.9 Å². The molecule has 1 atom stereocenters. The molecule has 0 radical (unpaired) electrons. The minimum Gasteiger partial charge on any atom is -0.372 e. The molecule has 7 nitrogen and oxygen atoms in total. The second-order valence-corrected chi connectivity index (χ2v) is 4.89. The van der Waals surface area contributed by atoms with Gasteiger partial charge in [0.25, 0.3) is 5.89 Å². The zero-order valence-corrected chi connectivity index (χ0v) is 10.5. The third-order valence-corrected chi connectivity index (χ3v) is 2.98. The van der Waals surface area contributed by atoms with Crippen LogP contribution in [-0.2, 0) is 21.4 Å². The van der Waals surface area contributed by atoms with Crippen LogP contribution in [0.15, 0.2) is 16.5 Å². The molecule has 0 saturated carbocycles. The molecule has 0 amide bonds. The summed E-state index contributed by atoms with van der Waals surface area (Å²) >= 11 is 0. The first-order valence-electron chi connectivity index (χ1n) is 5.03. The summed E-state index contributed by atoms with van der Waals surface area (Å²) in [4.78, 5) is 4.00. The fourth-order valence-electron chi connectivity index (χ4n) is 1.04. The first kappa shape index (κ1) is 13.8. The predicted octanol–water partition coefficient (Wildman–Crippen LogP) is 0.730. The molecule has 0 bridgehead atoms. The third kappa shape index (κ3) is 4.25. The Bertz CT molecular complexity index is 468. The van der Waals surface area contributed by atoms with Crippen LogP contribution in [0, 0.1) is 0 Å². The van der Waals surface area contributed by atoms with Gasteiger partial charge in [-0.05, 0) is 13.8 Å². The van der Waals surface area contributed by atoms with Crippen LogP contribution in [0.3, 0.4) is 0 Å². The van der Waals surface area contributed by atoms with Gasteiger partial charge >= 0.3 is 0 Å². The van der Waals surface area contributed by atoms with E-state index in [0.29, 0.717) is 12.5 Å². The Labute approximate surface area is 99.9 Å². The standard InChI is InChI=1S/C9H15N3O4S/c1-4-15-6-8-10-9(11-16-8)7(3)12-17(13,14)5-2/h5,7,12H,2,4,6H2,1,3H3. The van der Waals surface area contributed by atoms with Crippen molar-refractivity contribution in [2.24, 2.45) is 0 Å². The van der Waals surface area contributed by atoms with Gasteiger partial charge in [-0.25, -0.2) is 13.1 Å². The summed E-state index contributed by atoms with van der Waals surface area (Å²) in [5, 5.41) is 4.48. The molecule has 8 heteroatoms. The summed E-state index contributed by atoms with van der Waals surface area (Å²) in [6.07, 6.45) is 0. The molecule has 1 aromatic rings. The molecule has 1 unspecified atom stereocenters. The molecule has 17 heavy (non-hydrogen) atoms. The van der Waals surface area contributed by atoms with Crippen molar-refractivity contribution in [2.45, 2.75) is 26.5 Å². The number of nitrogens with one attached hydrogen (secondary N) is 1. The molecular formula is C9H15N3O4S. The molecule has 1 N–H and O–H groups in total. The Balaban J connectivity index is 2.66. The number of hydrogen-bond donors (Lipinski definition) is 1. The van der Waals surface area contributed by atoms with Gasteiger partial charge in [-0.1, -0.05) is 11.7 Å². The first-order chi connectivity index (χ1) is 7.98. The third-order valence-electron chi connectivity index (χ3n) is 1.86. The Hall–Kier alpha value is -1.25. The van der Waals surface area contributed by atoms with Gasteiger partial charge in [-0.15, -0.1) is 0 Å². The van der Waals surface area contributed by atoms with Crippen molar-refractivity contribution >= 4 is 10.0 Å². The summed E-state index contributed by atoms with van der Waals surface area (Å²) in [6, 6.07) is -0.586. The number of ether oxygens (including phenoxy) is 1. The van der Waals surface area contributed by atoms with Crippen molar-refractivity contribution < 1.29 is 17.7 Å². The van der Waals surface area contributed by atoms with Gasteiger partial charge in [0.05, 0.1) is 6.04 Å². The molecule has 0 aliphatic rings. The fourth-order valence-corrected chi connectivity index (χ4v) is 1.73. The van der Waals surface area contributed by atoms with Gasteiger partial charge in [-0.3, -0.25) is 0 Å². The second kappa shape index (κ2) is 5.89. The smallest absolute Gasteiger partial charge is 0.252 e. The van der Waals surface area contributed by atoms with Crippen molar-refractivity contribution in [3.8, 4) is 0 Å². The Kier molecular flexibility index (Phi) is 4.79. The highest BCUT2D eigenvalue weighted by Gasteiger charge is 2.17. The molecular weight excluding hydrogens is 246 g/mol. The molecule has 0 fully saturated rings. The van der Waals surface area contributed by atoms with Gasteiger partial charge in [0, 0.05) is 12.0 Å². The Morgan fingerprint density at radius 3 is 2.94 bits per heavy atom. The van der Waals surface area contributed by atoms with Gasteiger partial charge < -0.3 is 9.26 Å². The average Bonchev–Trinajstić information content (AvgIpc) is 2.74. The number of nitrogens with zero attached hydrogens (tertiary/aromatic N) is 2. The summed E-state index contributed by atoms with van der Waals surface area (Å²) in [5.41, 5.74) is 0. The van der Waals surface area contributed by atoms with Gasteiger partial charge in [0.15, 0.2) is 5.82 Å². The van der Waals surface area contributed by atoms with Crippen LogP contribution in [0.25, 0.3) is 0 Å². The fraction of sp³-hybridized carbons (Fsp3) is 0.556. The van der Waals surface area contributed by atoms with Crippen molar-refractivity contribution in [3.63, 3.8) is 0 Å². The number of hydrogen-bond acceptors (Lipinski definition) is 6. The molecule has 96 valence electrons. The topological polar surface area (TPSA) is 94.3 Å². The number of aromatic nitrogens is 2. The lowest BCUT2D eigenvalue weighted by atomic mass is 10.3. The van der Waals surface area contributed by atoms with Crippen LogP contribution in [0.4, 0.5) is 0 Å². The molecule has 0 aliphatic carbocycles. The van der Waals surface area contributed by atoms with E-state index in [0.717, 1.165) is 5.41 Å². The molecule has 0 spiro atoms. The van der Waals surface area contributed by atoms with Gasteiger partial charge in [0.1, 0.15) is 6.61 Å². The molecule has 1 heterocycles. The van der Waals surface area contributed by atoms with Gasteiger partial charge in [-0.2, -0.15) is 4.98 Å². The second-order valence-electron chi connectivity index (χ2n) is 3.23. The predicted molar refractivity (Wildman–Crippen MR) is 60.3 cm³/mol. The van der Waals surface area contributed by atoms with Crippen molar-refractivity contribution in [1.29, 1.82) is 0 Å². The zero-order chi connectivity index (χ0) is 12.9. The molecule has 0 aliphatic heterocycles. The van der Waals surface area contributed by atoms with Crippen LogP contribution >= 0.6 is 0 Å². The summed E-state index contributed by atoms with van der Waals surface area (Å²) in [6.45, 7) is 7.39. The van der Waals surface area contributed by atoms with Crippen LogP contribution in [-0.4, -0.2) is 25.2 Å². The SMILES string of the molecule is C=CS(=O)(=O)NC(C)c1noc(COCC)n1. The highest BCUT2D eigenvalue weighted by atomic mass is 32.2. The molecule has 0 saturated heterocycles. The lowest BCUT2D eigenvalue weighted by Crippen LogP contribution is -2.25. The normalized spacial score (nSPS) is 13.5. The van der Waals surface area contributed by atoms with E-state index in [4.69, 9.17) is 9.26 Å². The Morgan fingerprint density at radius 2 is 2.35 bits per heavy atom. The largest absolute Gasteiger partial charge is 0.372 e. The highest BCUT2D eigenvalue weighted by molar-refractivity contribution is 7.92. The van der Waals surface area contributed by atoms with Crippen molar-refractivity contribution in [2.75, 3.05) is 6.61 Å². The number of rotatable bonds is 7. The molecule has 0 aromatic carbocycles. The van der Waals surface area contributed by atoms with Crippen LogP contribution in [0.2, 0.25) is 0 Å². The maximum atomic E-state index is 11.2. The summed E-state index contributed by atoms with van der Waals surface area (Å²) in [7, 11) is -3.51. The van der Waals surface area contributed by atoms with E-state index in [1.165, 1.54) is 0 Å². The quantitative estimate of drug-likeness (QED) is 0.777. The molecule has 1 rings (SSSR count).